The average molecular weight is 313 g/mol. The normalized spacial score (nSPS) is 12.2. The smallest absolute Gasteiger partial charge is 0.0494 e. The fourth-order valence-electron chi connectivity index (χ4n) is 3.48. The zero-order valence-corrected chi connectivity index (χ0v) is 14.8. The lowest BCUT2D eigenvalue weighted by molar-refractivity contribution is 0.591. The second-order valence-electron chi connectivity index (χ2n) is 7.64. The van der Waals surface area contributed by atoms with E-state index in [4.69, 9.17) is 0 Å². The van der Waals surface area contributed by atoms with Crippen LogP contribution in [0.25, 0.3) is 32.9 Å². The number of benzene rings is 3. The quantitative estimate of drug-likeness (QED) is 0.389. The number of nitrogens with zero attached hydrogens (tertiary/aromatic N) is 1. The number of rotatable bonds is 1. The van der Waals surface area contributed by atoms with E-state index < -0.39 is 0 Å². The van der Waals surface area contributed by atoms with Crippen LogP contribution in [0.5, 0.6) is 0 Å². The van der Waals surface area contributed by atoms with Crippen LogP contribution in [0.4, 0.5) is 0 Å². The fourth-order valence-corrected chi connectivity index (χ4v) is 3.48. The maximum absolute atomic E-state index is 2.34. The second-order valence-corrected chi connectivity index (χ2v) is 7.64. The van der Waals surface area contributed by atoms with Crippen LogP contribution in [-0.2, 0) is 12.5 Å². The van der Waals surface area contributed by atoms with Crippen LogP contribution in [0.3, 0.4) is 0 Å². The van der Waals surface area contributed by atoms with Gasteiger partial charge in [-0.25, -0.2) is 0 Å². The second kappa shape index (κ2) is 5.24. The lowest BCUT2D eigenvalue weighted by atomic mass is 9.86. The molecule has 0 aliphatic heterocycles. The van der Waals surface area contributed by atoms with Crippen molar-refractivity contribution < 1.29 is 0 Å². The van der Waals surface area contributed by atoms with E-state index in [0.29, 0.717) is 0 Å². The first-order valence-corrected chi connectivity index (χ1v) is 8.53. The Balaban J connectivity index is 1.98. The lowest BCUT2D eigenvalue weighted by Crippen LogP contribution is -2.10. The highest BCUT2D eigenvalue weighted by molar-refractivity contribution is 6.09. The molecule has 4 aromatic rings. The van der Waals surface area contributed by atoms with Gasteiger partial charge in [0, 0.05) is 28.9 Å². The molecule has 1 heteroatoms. The van der Waals surface area contributed by atoms with Crippen LogP contribution in [0, 0.1) is 0 Å². The zero-order valence-electron chi connectivity index (χ0n) is 14.8. The standard InChI is InChI=1S/C23H23N/c1-23(2,3)18-11-13-20-19-12-10-17(16-8-6-5-7-9-16)14-21(19)24(4)22(20)15-18/h5-15H,1-4H3. The molecule has 0 spiro atoms. The van der Waals surface area contributed by atoms with Crippen molar-refractivity contribution >= 4 is 21.8 Å². The van der Waals surface area contributed by atoms with E-state index in [2.05, 4.69) is 99.1 Å². The molecule has 0 amide bonds. The van der Waals surface area contributed by atoms with E-state index in [9.17, 15) is 0 Å². The van der Waals surface area contributed by atoms with Crippen molar-refractivity contribution in [3.8, 4) is 11.1 Å². The van der Waals surface area contributed by atoms with Crippen LogP contribution in [0.2, 0.25) is 0 Å². The summed E-state index contributed by atoms with van der Waals surface area (Å²) in [6.45, 7) is 6.80. The highest BCUT2D eigenvalue weighted by Crippen LogP contribution is 2.34. The summed E-state index contributed by atoms with van der Waals surface area (Å²) in [5, 5.41) is 2.66. The molecule has 0 saturated heterocycles. The molecule has 1 nitrogen and oxygen atoms in total. The topological polar surface area (TPSA) is 4.93 Å². The van der Waals surface area contributed by atoms with E-state index in [1.165, 1.54) is 38.5 Å². The molecule has 120 valence electrons. The van der Waals surface area contributed by atoms with Crippen LogP contribution >= 0.6 is 0 Å². The van der Waals surface area contributed by atoms with Gasteiger partial charge in [-0.15, -0.1) is 0 Å². The molecular weight excluding hydrogens is 290 g/mol. The molecule has 0 bridgehead atoms. The Morgan fingerprint density at radius 2 is 1.29 bits per heavy atom. The first-order chi connectivity index (χ1) is 11.4. The summed E-state index contributed by atoms with van der Waals surface area (Å²) in [5.74, 6) is 0. The Bertz CT molecular complexity index is 1030. The highest BCUT2D eigenvalue weighted by atomic mass is 14.9. The minimum Gasteiger partial charge on any atom is -0.344 e. The molecule has 0 fully saturated rings. The molecule has 4 rings (SSSR count). The third-order valence-corrected chi connectivity index (χ3v) is 4.98. The van der Waals surface area contributed by atoms with Gasteiger partial charge >= 0.3 is 0 Å². The van der Waals surface area contributed by atoms with E-state index in [0.717, 1.165) is 0 Å². The molecule has 0 N–H and O–H groups in total. The first-order valence-electron chi connectivity index (χ1n) is 8.53. The van der Waals surface area contributed by atoms with Crippen LogP contribution in [-0.4, -0.2) is 4.57 Å². The van der Waals surface area contributed by atoms with Crippen molar-refractivity contribution in [2.45, 2.75) is 26.2 Å². The molecule has 0 aliphatic carbocycles. The van der Waals surface area contributed by atoms with E-state index >= 15 is 0 Å². The van der Waals surface area contributed by atoms with Gasteiger partial charge in [0.1, 0.15) is 0 Å². The van der Waals surface area contributed by atoms with Gasteiger partial charge in [0.2, 0.25) is 0 Å². The summed E-state index contributed by atoms with van der Waals surface area (Å²) in [4.78, 5) is 0. The predicted octanol–water partition coefficient (Wildman–Crippen LogP) is 6.30. The van der Waals surface area contributed by atoms with Crippen molar-refractivity contribution in [1.82, 2.24) is 4.57 Å². The van der Waals surface area contributed by atoms with Gasteiger partial charge in [-0.3, -0.25) is 0 Å². The van der Waals surface area contributed by atoms with Gasteiger partial charge in [-0.2, -0.15) is 0 Å². The Morgan fingerprint density at radius 1 is 0.667 bits per heavy atom. The Kier molecular flexibility index (Phi) is 3.28. The average Bonchev–Trinajstić information content (AvgIpc) is 2.87. The molecule has 0 unspecified atom stereocenters. The third-order valence-electron chi connectivity index (χ3n) is 4.98. The van der Waals surface area contributed by atoms with E-state index in [1.54, 1.807) is 0 Å². The van der Waals surface area contributed by atoms with Crippen molar-refractivity contribution in [3.05, 3.63) is 72.3 Å². The largest absolute Gasteiger partial charge is 0.344 e. The SMILES string of the molecule is Cn1c2cc(-c3ccccc3)ccc2c2ccc(C(C)(C)C)cc21. The van der Waals surface area contributed by atoms with Crippen molar-refractivity contribution in [2.75, 3.05) is 0 Å². The molecule has 1 aromatic heterocycles. The van der Waals surface area contributed by atoms with Crippen molar-refractivity contribution in [3.63, 3.8) is 0 Å². The summed E-state index contributed by atoms with van der Waals surface area (Å²) in [6.07, 6.45) is 0. The molecular formula is C23H23N. The molecule has 0 saturated carbocycles. The Hall–Kier alpha value is -2.54. The Morgan fingerprint density at radius 3 is 1.96 bits per heavy atom. The number of aryl methyl sites for hydroxylation is 1. The molecule has 24 heavy (non-hydrogen) atoms. The number of hydrogen-bond donors (Lipinski definition) is 0. The molecule has 1 heterocycles. The van der Waals surface area contributed by atoms with Gasteiger partial charge < -0.3 is 4.57 Å². The van der Waals surface area contributed by atoms with Gasteiger partial charge in [0.15, 0.2) is 0 Å². The number of aromatic nitrogens is 1. The summed E-state index contributed by atoms with van der Waals surface area (Å²) >= 11 is 0. The maximum atomic E-state index is 2.34. The minimum atomic E-state index is 0.167. The highest BCUT2D eigenvalue weighted by Gasteiger charge is 2.16. The van der Waals surface area contributed by atoms with Crippen LogP contribution in [0.15, 0.2) is 66.7 Å². The predicted molar refractivity (Wildman–Crippen MR) is 105 cm³/mol. The number of hydrogen-bond acceptors (Lipinski definition) is 0. The van der Waals surface area contributed by atoms with Crippen molar-refractivity contribution in [1.29, 1.82) is 0 Å². The Labute approximate surface area is 143 Å². The van der Waals surface area contributed by atoms with Gasteiger partial charge in [-0.1, -0.05) is 75.4 Å². The summed E-state index contributed by atoms with van der Waals surface area (Å²) < 4.78 is 2.33. The summed E-state index contributed by atoms with van der Waals surface area (Å²) in [5.41, 5.74) is 6.68. The first kappa shape index (κ1) is 15.0. The molecule has 3 aromatic carbocycles. The minimum absolute atomic E-state index is 0.167. The lowest BCUT2D eigenvalue weighted by Gasteiger charge is -2.19. The molecule has 0 atom stereocenters. The molecule has 0 aliphatic rings. The number of fused-ring (bicyclic) bond motifs is 3. The van der Waals surface area contributed by atoms with E-state index in [1.807, 2.05) is 0 Å². The third kappa shape index (κ3) is 2.32. The fraction of sp³-hybridized carbons (Fsp3) is 0.217. The summed E-state index contributed by atoms with van der Waals surface area (Å²) in [7, 11) is 2.17. The monoisotopic (exact) mass is 313 g/mol. The molecule has 0 radical (unpaired) electrons. The van der Waals surface area contributed by atoms with Gasteiger partial charge in [-0.05, 0) is 34.2 Å². The van der Waals surface area contributed by atoms with E-state index in [-0.39, 0.29) is 5.41 Å². The van der Waals surface area contributed by atoms with Crippen molar-refractivity contribution in [2.24, 2.45) is 7.05 Å². The zero-order chi connectivity index (χ0) is 16.9. The van der Waals surface area contributed by atoms with Crippen LogP contribution < -0.4 is 0 Å². The van der Waals surface area contributed by atoms with Gasteiger partial charge in [0.25, 0.3) is 0 Å². The maximum Gasteiger partial charge on any atom is 0.0494 e. The van der Waals surface area contributed by atoms with Crippen LogP contribution in [0.1, 0.15) is 26.3 Å². The van der Waals surface area contributed by atoms with Gasteiger partial charge in [0.05, 0.1) is 0 Å². The summed E-state index contributed by atoms with van der Waals surface area (Å²) in [6, 6.07) is 24.3.